The van der Waals surface area contributed by atoms with E-state index in [1.807, 2.05) is 36.5 Å². The Hall–Kier alpha value is -2.82. The van der Waals surface area contributed by atoms with Crippen molar-refractivity contribution in [2.45, 2.75) is 6.54 Å². The molecule has 0 bridgehead atoms. The minimum atomic E-state index is 0.667. The number of hydrogen-bond donors (Lipinski definition) is 3. The van der Waals surface area contributed by atoms with Gasteiger partial charge in [0.2, 0.25) is 5.95 Å². The summed E-state index contributed by atoms with van der Waals surface area (Å²) < 4.78 is 0. The maximum Gasteiger partial charge on any atom is 0.224 e. The van der Waals surface area contributed by atoms with Gasteiger partial charge in [-0.25, -0.2) is 9.97 Å². The quantitative estimate of drug-likeness (QED) is 0.532. The fourth-order valence-electron chi connectivity index (χ4n) is 2.30. The fraction of sp³-hybridized carbons (Fsp3) is 0.0667. The van der Waals surface area contributed by atoms with E-state index in [1.54, 1.807) is 0 Å². The molecule has 0 atom stereocenters. The Kier molecular flexibility index (Phi) is 2.42. The van der Waals surface area contributed by atoms with E-state index in [0.717, 1.165) is 28.5 Å². The Morgan fingerprint density at radius 3 is 2.65 bits per heavy atom. The van der Waals surface area contributed by atoms with Crippen LogP contribution in [0, 0.1) is 0 Å². The second kappa shape index (κ2) is 4.38. The summed E-state index contributed by atoms with van der Waals surface area (Å²) in [5.74, 6) is 0.667. The first-order chi connectivity index (χ1) is 9.88. The number of aromatic amines is 2. The van der Waals surface area contributed by atoms with E-state index in [2.05, 4.69) is 37.6 Å². The van der Waals surface area contributed by atoms with Crippen molar-refractivity contribution in [1.82, 2.24) is 20.2 Å². The summed E-state index contributed by atoms with van der Waals surface area (Å²) in [6.45, 7) is 0.725. The van der Waals surface area contributed by atoms with Crippen LogP contribution in [0.2, 0.25) is 0 Å². The van der Waals surface area contributed by atoms with Crippen LogP contribution < -0.4 is 5.32 Å². The minimum absolute atomic E-state index is 0.667. The average molecular weight is 263 g/mol. The normalized spacial score (nSPS) is 11.2. The highest BCUT2D eigenvalue weighted by Gasteiger charge is 2.06. The first kappa shape index (κ1) is 11.0. The Bertz CT molecular complexity index is 812. The lowest BCUT2D eigenvalue weighted by Crippen LogP contribution is -2.00. The van der Waals surface area contributed by atoms with E-state index in [0.29, 0.717) is 5.95 Å². The molecular weight excluding hydrogens is 250 g/mol. The summed E-state index contributed by atoms with van der Waals surface area (Å²) in [6, 6.07) is 14.2. The number of nitrogens with one attached hydrogen (secondary N) is 3. The zero-order valence-corrected chi connectivity index (χ0v) is 10.7. The maximum atomic E-state index is 4.51. The second-order valence-electron chi connectivity index (χ2n) is 4.73. The Balaban J connectivity index is 1.63. The van der Waals surface area contributed by atoms with Crippen molar-refractivity contribution in [1.29, 1.82) is 0 Å². The largest absolute Gasteiger partial charge is 0.350 e. The molecule has 5 heteroatoms. The SMILES string of the molecule is c1ccc(CNc2nc3cc4c[nH][nH]c4cc3n2)cc1. The molecule has 0 saturated carbocycles. The maximum absolute atomic E-state index is 4.51. The number of hydrogen-bond acceptors (Lipinski definition) is 3. The number of imidazole rings is 1. The zero-order chi connectivity index (χ0) is 13.4. The molecule has 2 aromatic heterocycles. The van der Waals surface area contributed by atoms with Gasteiger partial charge in [0.15, 0.2) is 0 Å². The Labute approximate surface area is 115 Å². The molecule has 0 aliphatic rings. The first-order valence-electron chi connectivity index (χ1n) is 6.49. The smallest absolute Gasteiger partial charge is 0.224 e. The van der Waals surface area contributed by atoms with Gasteiger partial charge in [0, 0.05) is 18.1 Å². The highest BCUT2D eigenvalue weighted by atomic mass is 15.1. The summed E-state index contributed by atoms with van der Waals surface area (Å²) in [7, 11) is 0. The Morgan fingerprint density at radius 2 is 1.80 bits per heavy atom. The highest BCUT2D eigenvalue weighted by molar-refractivity contribution is 5.93. The first-order valence-corrected chi connectivity index (χ1v) is 6.49. The molecule has 0 fully saturated rings. The third kappa shape index (κ3) is 1.89. The second-order valence-corrected chi connectivity index (χ2v) is 4.73. The summed E-state index contributed by atoms with van der Waals surface area (Å²) in [5, 5.41) is 10.4. The average Bonchev–Trinajstić information content (AvgIpc) is 3.08. The standard InChI is InChI=1S/C15H13N5/c1-2-4-10(5-3-1)8-16-15-18-13-6-11-9-17-20-12(11)7-14(13)19-15/h1-7,9,17,20H,8H2,(H,16,18). The third-order valence-corrected chi connectivity index (χ3v) is 3.33. The fourth-order valence-corrected chi connectivity index (χ4v) is 2.30. The number of fused-ring (bicyclic) bond motifs is 2. The van der Waals surface area contributed by atoms with Crippen LogP contribution in [0.3, 0.4) is 0 Å². The van der Waals surface area contributed by atoms with Crippen LogP contribution >= 0.6 is 0 Å². The lowest BCUT2D eigenvalue weighted by molar-refractivity contribution is 1.10. The van der Waals surface area contributed by atoms with E-state index in [4.69, 9.17) is 0 Å². The lowest BCUT2D eigenvalue weighted by atomic mass is 10.2. The van der Waals surface area contributed by atoms with Gasteiger partial charge in [-0.2, -0.15) is 0 Å². The summed E-state index contributed by atoms with van der Waals surface area (Å²) in [5.41, 5.74) is 4.04. The van der Waals surface area contributed by atoms with Gasteiger partial charge in [0.05, 0.1) is 16.6 Å². The van der Waals surface area contributed by atoms with Crippen LogP contribution in [-0.2, 0) is 6.54 Å². The molecule has 0 amide bonds. The monoisotopic (exact) mass is 263 g/mol. The van der Waals surface area contributed by atoms with Crippen LogP contribution in [0.4, 0.5) is 5.95 Å². The summed E-state index contributed by atoms with van der Waals surface area (Å²) in [4.78, 5) is 9.01. The molecule has 3 N–H and O–H groups in total. The van der Waals surface area contributed by atoms with Crippen LogP contribution in [-0.4, -0.2) is 20.2 Å². The minimum Gasteiger partial charge on any atom is -0.350 e. The topological polar surface area (TPSA) is 69.4 Å². The number of nitrogens with zero attached hydrogens (tertiary/aromatic N) is 2. The molecule has 98 valence electrons. The molecule has 4 aromatic rings. The van der Waals surface area contributed by atoms with Crippen LogP contribution in [0.15, 0.2) is 48.7 Å². The number of aromatic nitrogens is 4. The molecule has 4 rings (SSSR count). The van der Waals surface area contributed by atoms with Gasteiger partial charge in [0.1, 0.15) is 0 Å². The van der Waals surface area contributed by atoms with Gasteiger partial charge in [-0.05, 0) is 17.7 Å². The van der Waals surface area contributed by atoms with E-state index < -0.39 is 0 Å². The summed E-state index contributed by atoms with van der Waals surface area (Å²) in [6.07, 6.45) is 1.92. The predicted molar refractivity (Wildman–Crippen MR) is 79.5 cm³/mol. The van der Waals surface area contributed by atoms with Crippen molar-refractivity contribution in [3.63, 3.8) is 0 Å². The Morgan fingerprint density at radius 1 is 1.00 bits per heavy atom. The number of benzene rings is 2. The van der Waals surface area contributed by atoms with Crippen molar-refractivity contribution in [3.05, 3.63) is 54.2 Å². The van der Waals surface area contributed by atoms with E-state index in [-0.39, 0.29) is 0 Å². The van der Waals surface area contributed by atoms with Gasteiger partial charge >= 0.3 is 0 Å². The van der Waals surface area contributed by atoms with E-state index in [9.17, 15) is 0 Å². The highest BCUT2D eigenvalue weighted by Crippen LogP contribution is 2.21. The molecule has 0 aliphatic heterocycles. The van der Waals surface area contributed by atoms with Crippen molar-refractivity contribution < 1.29 is 0 Å². The molecule has 0 unspecified atom stereocenters. The molecule has 5 nitrogen and oxygen atoms in total. The van der Waals surface area contributed by atoms with Crippen molar-refractivity contribution in [3.8, 4) is 0 Å². The number of anilines is 1. The van der Waals surface area contributed by atoms with Gasteiger partial charge in [-0.15, -0.1) is 0 Å². The third-order valence-electron chi connectivity index (χ3n) is 3.33. The molecule has 0 radical (unpaired) electrons. The molecule has 0 saturated heterocycles. The van der Waals surface area contributed by atoms with Crippen molar-refractivity contribution in [2.24, 2.45) is 0 Å². The number of rotatable bonds is 3. The lowest BCUT2D eigenvalue weighted by Gasteiger charge is -2.01. The molecule has 20 heavy (non-hydrogen) atoms. The van der Waals surface area contributed by atoms with Crippen LogP contribution in [0.5, 0.6) is 0 Å². The van der Waals surface area contributed by atoms with E-state index in [1.165, 1.54) is 5.56 Å². The molecule has 0 spiro atoms. The predicted octanol–water partition coefficient (Wildman–Crippen LogP) is 3.05. The van der Waals surface area contributed by atoms with Crippen molar-refractivity contribution in [2.75, 3.05) is 5.32 Å². The van der Waals surface area contributed by atoms with Crippen LogP contribution in [0.25, 0.3) is 21.9 Å². The van der Waals surface area contributed by atoms with Crippen molar-refractivity contribution >= 4 is 27.9 Å². The van der Waals surface area contributed by atoms with Gasteiger partial charge < -0.3 is 15.5 Å². The van der Waals surface area contributed by atoms with Gasteiger partial charge in [-0.3, -0.25) is 0 Å². The molecule has 2 heterocycles. The molecule has 2 aromatic carbocycles. The zero-order valence-electron chi connectivity index (χ0n) is 10.7. The van der Waals surface area contributed by atoms with Gasteiger partial charge in [-0.1, -0.05) is 30.3 Å². The van der Waals surface area contributed by atoms with Gasteiger partial charge in [0.25, 0.3) is 0 Å². The molecule has 0 aliphatic carbocycles. The molecular formula is C15H13N5. The number of H-pyrrole nitrogens is 2. The summed E-state index contributed by atoms with van der Waals surface area (Å²) >= 11 is 0. The van der Waals surface area contributed by atoms with Crippen LogP contribution in [0.1, 0.15) is 5.56 Å². The van der Waals surface area contributed by atoms with E-state index >= 15 is 0 Å².